The molecule has 2 aromatic carbocycles. The minimum Gasteiger partial charge on any atom is -0.480 e. The number of nitrogens with two attached hydrogens (primary N) is 1. The number of hydrogen-bond donors (Lipinski definition) is 4. The summed E-state index contributed by atoms with van der Waals surface area (Å²) in [5, 5.41) is 17.0. The summed E-state index contributed by atoms with van der Waals surface area (Å²) >= 11 is 1.61. The van der Waals surface area contributed by atoms with Crippen LogP contribution in [-0.2, 0) is 4.79 Å². The number of nitrogens with one attached hydrogen (secondary N) is 2. The van der Waals surface area contributed by atoms with Gasteiger partial charge in [0, 0.05) is 10.4 Å². The molecule has 0 saturated carbocycles. The molecular weight excluding hydrogens is 374 g/mol. The van der Waals surface area contributed by atoms with Crippen molar-refractivity contribution in [3.63, 3.8) is 0 Å². The van der Waals surface area contributed by atoms with Gasteiger partial charge in [-0.05, 0) is 53.4 Å². The third-order valence-corrected chi connectivity index (χ3v) is 5.19. The predicted octanol–water partition coefficient (Wildman–Crippen LogP) is 3.98. The number of hydrogen-bond acceptors (Lipinski definition) is 5. The summed E-state index contributed by atoms with van der Waals surface area (Å²) in [7, 11) is 0. The lowest BCUT2D eigenvalue weighted by Gasteiger charge is -2.14. The molecule has 0 aliphatic heterocycles. The Labute approximate surface area is 167 Å². The minimum atomic E-state index is -0.961. The third-order valence-electron chi connectivity index (χ3n) is 4.27. The van der Waals surface area contributed by atoms with Crippen molar-refractivity contribution in [1.82, 2.24) is 5.32 Å². The average Bonchev–Trinajstić information content (AvgIpc) is 3.22. The molecule has 5 N–H and O–H groups in total. The van der Waals surface area contributed by atoms with Crippen LogP contribution in [0.25, 0.3) is 10.4 Å². The largest absolute Gasteiger partial charge is 0.480 e. The summed E-state index contributed by atoms with van der Waals surface area (Å²) in [6.45, 7) is 2.37. The van der Waals surface area contributed by atoms with Crippen molar-refractivity contribution in [3.8, 4) is 10.4 Å². The molecule has 0 aliphatic carbocycles. The minimum absolute atomic E-state index is 0.308. The molecule has 0 bridgehead atoms. The number of rotatable bonds is 7. The zero-order valence-electron chi connectivity index (χ0n) is 15.3. The van der Waals surface area contributed by atoms with Crippen molar-refractivity contribution in [1.29, 1.82) is 0 Å². The van der Waals surface area contributed by atoms with Crippen LogP contribution in [0.3, 0.4) is 0 Å². The fourth-order valence-corrected chi connectivity index (χ4v) is 3.56. The molecule has 0 fully saturated rings. The molecule has 28 heavy (non-hydrogen) atoms. The van der Waals surface area contributed by atoms with Crippen LogP contribution in [0, 0.1) is 0 Å². The zero-order chi connectivity index (χ0) is 20.1. The molecule has 1 aromatic heterocycles. The maximum atomic E-state index is 12.6. The number of aliphatic carboxylic acids is 1. The van der Waals surface area contributed by atoms with E-state index in [1.54, 1.807) is 41.7 Å². The molecule has 0 saturated heterocycles. The van der Waals surface area contributed by atoms with E-state index >= 15 is 0 Å². The highest BCUT2D eigenvalue weighted by molar-refractivity contribution is 7.13. The lowest BCUT2D eigenvalue weighted by Crippen LogP contribution is -2.28. The fourth-order valence-electron chi connectivity index (χ4n) is 2.83. The maximum absolute atomic E-state index is 12.6. The number of benzene rings is 2. The van der Waals surface area contributed by atoms with Gasteiger partial charge in [-0.1, -0.05) is 31.2 Å². The monoisotopic (exact) mass is 395 g/mol. The van der Waals surface area contributed by atoms with E-state index in [9.17, 15) is 14.7 Å². The molecule has 6 nitrogen and oxygen atoms in total. The smallest absolute Gasteiger partial charge is 0.325 e. The Morgan fingerprint density at radius 1 is 1.14 bits per heavy atom. The topological polar surface area (TPSA) is 104 Å². The van der Waals surface area contributed by atoms with Crippen LogP contribution < -0.4 is 16.4 Å². The van der Waals surface area contributed by atoms with E-state index in [4.69, 9.17) is 5.73 Å². The van der Waals surface area contributed by atoms with Crippen LogP contribution in [0.5, 0.6) is 0 Å². The van der Waals surface area contributed by atoms with Crippen molar-refractivity contribution >= 4 is 34.6 Å². The Kier molecular flexibility index (Phi) is 6.08. The van der Waals surface area contributed by atoms with Gasteiger partial charge in [0.05, 0.1) is 11.4 Å². The van der Waals surface area contributed by atoms with Gasteiger partial charge in [-0.25, -0.2) is 0 Å². The van der Waals surface area contributed by atoms with Crippen molar-refractivity contribution in [3.05, 3.63) is 71.1 Å². The number of thiophene rings is 1. The second-order valence-electron chi connectivity index (χ2n) is 6.18. The number of carboxylic acid groups (broad SMARTS) is 1. The molecule has 1 unspecified atom stereocenters. The molecule has 1 atom stereocenters. The number of carbonyl (C=O) groups excluding carboxylic acids is 1. The number of carbonyl (C=O) groups is 2. The van der Waals surface area contributed by atoms with E-state index in [1.807, 2.05) is 36.6 Å². The Balaban J connectivity index is 1.78. The van der Waals surface area contributed by atoms with Crippen molar-refractivity contribution in [2.24, 2.45) is 0 Å². The van der Waals surface area contributed by atoms with E-state index in [1.165, 1.54) is 0 Å². The van der Waals surface area contributed by atoms with Gasteiger partial charge in [-0.15, -0.1) is 11.3 Å². The molecule has 7 heteroatoms. The molecule has 0 radical (unpaired) electrons. The first kappa shape index (κ1) is 19.6. The molecule has 0 spiro atoms. The normalized spacial score (nSPS) is 11.8. The summed E-state index contributed by atoms with van der Waals surface area (Å²) in [4.78, 5) is 25.1. The highest BCUT2D eigenvalue weighted by Crippen LogP contribution is 2.30. The first-order valence-corrected chi connectivity index (χ1v) is 9.68. The van der Waals surface area contributed by atoms with E-state index < -0.39 is 12.0 Å². The van der Waals surface area contributed by atoms with Crippen LogP contribution in [0.15, 0.2) is 60.0 Å². The number of carboxylic acids is 1. The average molecular weight is 395 g/mol. The molecule has 3 aromatic rings. The molecular formula is C21H21N3O3S. The van der Waals surface area contributed by atoms with E-state index in [2.05, 4.69) is 10.6 Å². The van der Waals surface area contributed by atoms with Gasteiger partial charge in [0.2, 0.25) is 0 Å². The van der Waals surface area contributed by atoms with E-state index in [-0.39, 0.29) is 5.91 Å². The van der Waals surface area contributed by atoms with Gasteiger partial charge in [-0.2, -0.15) is 0 Å². The Hall–Kier alpha value is -3.16. The van der Waals surface area contributed by atoms with Crippen LogP contribution in [0.4, 0.5) is 11.4 Å². The molecule has 144 valence electrons. The van der Waals surface area contributed by atoms with Crippen molar-refractivity contribution < 1.29 is 14.7 Å². The number of likely N-dealkylation sites (N-methyl/N-ethyl adjacent to an activating group) is 1. The van der Waals surface area contributed by atoms with Gasteiger partial charge in [0.25, 0.3) is 5.91 Å². The number of anilines is 2. The van der Waals surface area contributed by atoms with Gasteiger partial charge < -0.3 is 21.5 Å². The van der Waals surface area contributed by atoms with Crippen LogP contribution in [0.2, 0.25) is 0 Å². The van der Waals surface area contributed by atoms with Gasteiger partial charge in [-0.3, -0.25) is 9.59 Å². The van der Waals surface area contributed by atoms with Gasteiger partial charge >= 0.3 is 5.97 Å². The van der Waals surface area contributed by atoms with Crippen LogP contribution in [-0.4, -0.2) is 23.5 Å². The second-order valence-corrected chi connectivity index (χ2v) is 7.13. The zero-order valence-corrected chi connectivity index (χ0v) is 16.1. The summed E-state index contributed by atoms with van der Waals surface area (Å²) in [5.41, 5.74) is 9.01. The lowest BCUT2D eigenvalue weighted by atomic mass is 10.0. The highest BCUT2D eigenvalue weighted by atomic mass is 32.1. The van der Waals surface area contributed by atoms with Crippen LogP contribution in [0.1, 0.15) is 28.9 Å². The first-order chi connectivity index (χ1) is 13.5. The summed E-state index contributed by atoms with van der Waals surface area (Å²) in [6, 6.07) is 15.2. The summed E-state index contributed by atoms with van der Waals surface area (Å²) in [6.07, 6.45) is 0. The van der Waals surface area contributed by atoms with Crippen LogP contribution >= 0.6 is 11.3 Å². The fraction of sp³-hybridized carbons (Fsp3) is 0.143. The van der Waals surface area contributed by atoms with E-state index in [0.717, 1.165) is 10.4 Å². The predicted molar refractivity (Wildman–Crippen MR) is 113 cm³/mol. The van der Waals surface area contributed by atoms with Gasteiger partial charge in [0.15, 0.2) is 0 Å². The molecule has 3 rings (SSSR count). The Morgan fingerprint density at radius 2 is 1.89 bits per heavy atom. The Bertz CT molecular complexity index is 969. The first-order valence-electron chi connectivity index (χ1n) is 8.80. The van der Waals surface area contributed by atoms with Gasteiger partial charge in [0.1, 0.15) is 6.04 Å². The number of nitrogen functional groups attached to an aromatic ring is 1. The number of amides is 1. The lowest BCUT2D eigenvalue weighted by molar-refractivity contribution is -0.139. The highest BCUT2D eigenvalue weighted by Gasteiger charge is 2.19. The summed E-state index contributed by atoms with van der Waals surface area (Å²) in [5.74, 6) is -1.27. The second kappa shape index (κ2) is 8.69. The molecule has 0 aliphatic rings. The standard InChI is InChI=1S/C21H21N3O3S/c1-2-23-19(21(26)27)13-5-7-14(8-6-13)20(25)24-17-12-15(9-10-16(17)22)18-4-3-11-28-18/h3-12,19,23H,2,22H2,1H3,(H,24,25)(H,26,27). The molecule has 1 heterocycles. The van der Waals surface area contributed by atoms with Crippen molar-refractivity contribution in [2.45, 2.75) is 13.0 Å². The van der Waals surface area contributed by atoms with Crippen molar-refractivity contribution in [2.75, 3.05) is 17.6 Å². The molecule has 1 amide bonds. The summed E-state index contributed by atoms with van der Waals surface area (Å²) < 4.78 is 0. The van der Waals surface area contributed by atoms with E-state index in [0.29, 0.717) is 29.0 Å². The Morgan fingerprint density at radius 3 is 2.50 bits per heavy atom. The maximum Gasteiger partial charge on any atom is 0.325 e. The SMILES string of the molecule is CCNC(C(=O)O)c1ccc(C(=O)Nc2cc(-c3cccs3)ccc2N)cc1. The third kappa shape index (κ3) is 4.39. The quantitative estimate of drug-likeness (QED) is 0.453.